The van der Waals surface area contributed by atoms with Gasteiger partial charge < -0.3 is 10.2 Å². The van der Waals surface area contributed by atoms with Crippen LogP contribution in [0.1, 0.15) is 42.8 Å². The van der Waals surface area contributed by atoms with Crippen LogP contribution < -0.4 is 5.32 Å². The monoisotopic (exact) mass is 525 g/mol. The average Bonchev–Trinajstić information content (AvgIpc) is 3.32. The van der Waals surface area contributed by atoms with Crippen molar-refractivity contribution < 1.29 is 18.0 Å². The summed E-state index contributed by atoms with van der Waals surface area (Å²) < 4.78 is 28.5. The fourth-order valence-electron chi connectivity index (χ4n) is 4.54. The van der Waals surface area contributed by atoms with Gasteiger partial charge in [0.25, 0.3) is 0 Å². The Kier molecular flexibility index (Phi) is 7.92. The number of amides is 2. The Morgan fingerprint density at radius 3 is 2.42 bits per heavy atom. The summed E-state index contributed by atoms with van der Waals surface area (Å²) >= 11 is 1.70. The highest BCUT2D eigenvalue weighted by Crippen LogP contribution is 2.38. The summed E-state index contributed by atoms with van der Waals surface area (Å²) in [6, 6.07) is 17.7. The Balaban J connectivity index is 1.62. The third-order valence-electron chi connectivity index (χ3n) is 6.09. The van der Waals surface area contributed by atoms with E-state index in [0.717, 1.165) is 17.5 Å². The van der Waals surface area contributed by atoms with Crippen molar-refractivity contribution in [3.05, 3.63) is 82.0 Å². The molecule has 2 heterocycles. The standard InChI is InChI=1S/C27H31N3O4S2/c1-19(2)17-29(36(33,34)23-11-9-22(10-12-23)28-20(3)31)18-26(32)30-15-13-25-24(14-16-35-25)27(30)21-7-5-4-6-8-21/h4-12,14,16,19,27H,13,15,17-18H2,1-3H3,(H,28,31). The van der Waals surface area contributed by atoms with Gasteiger partial charge >= 0.3 is 0 Å². The Bertz CT molecular complexity index is 1320. The quantitative estimate of drug-likeness (QED) is 0.468. The van der Waals surface area contributed by atoms with E-state index >= 15 is 0 Å². The second-order valence-corrected chi connectivity index (χ2v) is 12.3. The van der Waals surface area contributed by atoms with Gasteiger partial charge in [-0.25, -0.2) is 8.42 Å². The topological polar surface area (TPSA) is 86.8 Å². The SMILES string of the molecule is CC(=O)Nc1ccc(S(=O)(=O)N(CC(=O)N2CCc3sccc3C2c2ccccc2)CC(C)C)cc1. The van der Waals surface area contributed by atoms with Crippen molar-refractivity contribution >= 4 is 38.9 Å². The molecule has 0 bridgehead atoms. The van der Waals surface area contributed by atoms with Crippen molar-refractivity contribution in [2.24, 2.45) is 5.92 Å². The molecule has 1 aliphatic heterocycles. The molecule has 9 heteroatoms. The summed E-state index contributed by atoms with van der Waals surface area (Å²) in [5.41, 5.74) is 2.63. The molecule has 1 aromatic heterocycles. The highest BCUT2D eigenvalue weighted by molar-refractivity contribution is 7.89. The van der Waals surface area contributed by atoms with Crippen LogP contribution in [0.5, 0.6) is 0 Å². The van der Waals surface area contributed by atoms with Crippen molar-refractivity contribution in [3.63, 3.8) is 0 Å². The van der Waals surface area contributed by atoms with Crippen LogP contribution in [0.15, 0.2) is 70.9 Å². The summed E-state index contributed by atoms with van der Waals surface area (Å²) in [6.07, 6.45) is 0.754. The van der Waals surface area contributed by atoms with E-state index in [2.05, 4.69) is 16.8 Å². The number of carbonyl (C=O) groups excluding carboxylic acids is 2. The van der Waals surface area contributed by atoms with Crippen LogP contribution in [0.4, 0.5) is 5.69 Å². The van der Waals surface area contributed by atoms with E-state index in [4.69, 9.17) is 0 Å². The lowest BCUT2D eigenvalue weighted by Gasteiger charge is -2.37. The molecule has 2 aromatic carbocycles. The normalized spacial score (nSPS) is 15.7. The molecule has 0 aliphatic carbocycles. The summed E-state index contributed by atoms with van der Waals surface area (Å²) in [5.74, 6) is -0.429. The molecule has 1 N–H and O–H groups in total. The first-order valence-electron chi connectivity index (χ1n) is 12.0. The highest BCUT2D eigenvalue weighted by atomic mass is 32.2. The van der Waals surface area contributed by atoms with Gasteiger partial charge in [0.2, 0.25) is 21.8 Å². The van der Waals surface area contributed by atoms with E-state index in [1.165, 1.54) is 28.2 Å². The zero-order chi connectivity index (χ0) is 25.9. The molecular formula is C27H31N3O4S2. The number of thiophene rings is 1. The second kappa shape index (κ2) is 10.9. The van der Waals surface area contributed by atoms with Gasteiger partial charge in [0, 0.05) is 30.6 Å². The Morgan fingerprint density at radius 2 is 1.78 bits per heavy atom. The van der Waals surface area contributed by atoms with Crippen LogP contribution in [0, 0.1) is 5.92 Å². The lowest BCUT2D eigenvalue weighted by atomic mass is 9.93. The summed E-state index contributed by atoms with van der Waals surface area (Å²) in [4.78, 5) is 28.2. The van der Waals surface area contributed by atoms with Gasteiger partial charge in [-0.3, -0.25) is 9.59 Å². The molecule has 190 valence electrons. The van der Waals surface area contributed by atoms with Gasteiger partial charge in [-0.15, -0.1) is 11.3 Å². The number of nitrogens with zero attached hydrogens (tertiary/aromatic N) is 2. The third kappa shape index (κ3) is 5.69. The summed E-state index contributed by atoms with van der Waals surface area (Å²) in [6.45, 7) is 5.76. The second-order valence-electron chi connectivity index (χ2n) is 9.35. The number of hydrogen-bond donors (Lipinski definition) is 1. The lowest BCUT2D eigenvalue weighted by molar-refractivity contribution is -0.133. The fraction of sp³-hybridized carbons (Fsp3) is 0.333. The van der Waals surface area contributed by atoms with E-state index < -0.39 is 10.0 Å². The van der Waals surface area contributed by atoms with Crippen LogP contribution in [-0.4, -0.2) is 49.1 Å². The number of rotatable bonds is 8. The minimum atomic E-state index is -3.93. The molecule has 7 nitrogen and oxygen atoms in total. The zero-order valence-corrected chi connectivity index (χ0v) is 22.3. The molecular weight excluding hydrogens is 494 g/mol. The minimum absolute atomic E-state index is 0.0287. The number of benzene rings is 2. The molecule has 2 amide bonds. The maximum absolute atomic E-state index is 13.7. The number of carbonyl (C=O) groups is 2. The van der Waals surface area contributed by atoms with Gasteiger partial charge in [0.1, 0.15) is 0 Å². The number of anilines is 1. The van der Waals surface area contributed by atoms with E-state index in [1.807, 2.05) is 49.1 Å². The van der Waals surface area contributed by atoms with Gasteiger partial charge in [0.05, 0.1) is 17.5 Å². The molecule has 0 fully saturated rings. The van der Waals surface area contributed by atoms with E-state index in [1.54, 1.807) is 23.5 Å². The van der Waals surface area contributed by atoms with E-state index in [0.29, 0.717) is 12.2 Å². The summed E-state index contributed by atoms with van der Waals surface area (Å²) in [5, 5.41) is 4.69. The third-order valence-corrected chi connectivity index (χ3v) is 8.92. The number of nitrogens with one attached hydrogen (secondary N) is 1. The largest absolute Gasteiger partial charge is 0.330 e. The molecule has 3 aromatic rings. The smallest absolute Gasteiger partial charge is 0.243 e. The van der Waals surface area contributed by atoms with E-state index in [9.17, 15) is 18.0 Å². The van der Waals surface area contributed by atoms with Crippen LogP contribution in [0.3, 0.4) is 0 Å². The molecule has 0 saturated carbocycles. The Hall–Kier alpha value is -3.01. The van der Waals surface area contributed by atoms with Crippen LogP contribution in [-0.2, 0) is 26.0 Å². The summed E-state index contributed by atoms with van der Waals surface area (Å²) in [7, 11) is -3.93. The van der Waals surface area contributed by atoms with E-state index in [-0.39, 0.29) is 41.8 Å². The van der Waals surface area contributed by atoms with Crippen molar-refractivity contribution in [1.29, 1.82) is 0 Å². The Morgan fingerprint density at radius 1 is 1.08 bits per heavy atom. The molecule has 1 aliphatic rings. The number of fused-ring (bicyclic) bond motifs is 1. The first-order chi connectivity index (χ1) is 17.2. The highest BCUT2D eigenvalue weighted by Gasteiger charge is 2.35. The van der Waals surface area contributed by atoms with Gasteiger partial charge in [-0.2, -0.15) is 4.31 Å². The molecule has 36 heavy (non-hydrogen) atoms. The number of sulfonamides is 1. The number of hydrogen-bond acceptors (Lipinski definition) is 5. The lowest BCUT2D eigenvalue weighted by Crippen LogP contribution is -2.47. The van der Waals surface area contributed by atoms with Gasteiger partial charge in [-0.1, -0.05) is 44.2 Å². The molecule has 1 atom stereocenters. The predicted molar refractivity (Wildman–Crippen MR) is 142 cm³/mol. The van der Waals surface area contributed by atoms with Crippen LogP contribution in [0.25, 0.3) is 0 Å². The first kappa shape index (κ1) is 26.1. The maximum Gasteiger partial charge on any atom is 0.243 e. The first-order valence-corrected chi connectivity index (χ1v) is 14.3. The Labute approximate surface area is 216 Å². The fourth-order valence-corrected chi connectivity index (χ4v) is 7.00. The predicted octanol–water partition coefficient (Wildman–Crippen LogP) is 4.53. The zero-order valence-electron chi connectivity index (χ0n) is 20.7. The van der Waals surface area contributed by atoms with Crippen LogP contribution in [0.2, 0.25) is 0 Å². The van der Waals surface area contributed by atoms with Crippen LogP contribution >= 0.6 is 11.3 Å². The van der Waals surface area contributed by atoms with Crippen molar-refractivity contribution in [2.75, 3.05) is 25.0 Å². The average molecular weight is 526 g/mol. The molecule has 0 saturated heterocycles. The van der Waals surface area contributed by atoms with Gasteiger partial charge in [-0.05, 0) is 59.2 Å². The van der Waals surface area contributed by atoms with Gasteiger partial charge in [0.15, 0.2) is 0 Å². The molecule has 1 unspecified atom stereocenters. The minimum Gasteiger partial charge on any atom is -0.330 e. The maximum atomic E-state index is 13.7. The molecule has 4 rings (SSSR count). The molecule has 0 spiro atoms. The van der Waals surface area contributed by atoms with Crippen molar-refractivity contribution in [1.82, 2.24) is 9.21 Å². The van der Waals surface area contributed by atoms with Crippen molar-refractivity contribution in [2.45, 2.75) is 38.1 Å². The van der Waals surface area contributed by atoms with Crippen molar-refractivity contribution in [3.8, 4) is 0 Å². The molecule has 0 radical (unpaired) electrons.